The molecule has 0 aliphatic heterocycles. The average molecular weight is 347 g/mol. The van der Waals surface area contributed by atoms with Gasteiger partial charge in [0.2, 0.25) is 7.29 Å². The molecule has 0 aromatic heterocycles. The van der Waals surface area contributed by atoms with Crippen molar-refractivity contribution in [1.29, 1.82) is 0 Å². The minimum absolute atomic E-state index is 0.170. The molecule has 0 bridgehead atoms. The first kappa shape index (κ1) is 17.4. The fraction of sp³-hybridized carbons (Fsp3) is 0.136. The minimum Gasteiger partial charge on any atom is -0.288 e. The minimum atomic E-state index is -3.11. The Bertz CT molecular complexity index is 844. The lowest BCUT2D eigenvalue weighted by Gasteiger charge is -2.19. The van der Waals surface area contributed by atoms with E-state index in [-0.39, 0.29) is 5.92 Å². The van der Waals surface area contributed by atoms with Crippen LogP contribution in [-0.2, 0) is 4.57 Å². The molecular weight excluding hydrogens is 325 g/mol. The molecule has 3 heteroatoms. The van der Waals surface area contributed by atoms with Gasteiger partial charge in [0.05, 0.1) is 5.71 Å². The average Bonchev–Trinajstić information content (AvgIpc) is 2.68. The number of hydrogen-bond donors (Lipinski definition) is 0. The maximum absolute atomic E-state index is 14.1. The lowest BCUT2D eigenvalue weighted by molar-refractivity contribution is 0.588. The van der Waals surface area contributed by atoms with Gasteiger partial charge in [-0.1, -0.05) is 80.6 Å². The zero-order chi connectivity index (χ0) is 17.7. The smallest absolute Gasteiger partial charge is 0.247 e. The molecule has 0 unspecified atom stereocenters. The highest BCUT2D eigenvalue weighted by Crippen LogP contribution is 2.46. The van der Waals surface area contributed by atoms with Crippen LogP contribution in [0.15, 0.2) is 95.8 Å². The molecule has 126 valence electrons. The monoisotopic (exact) mass is 347 g/mol. The van der Waals surface area contributed by atoms with E-state index in [1.54, 1.807) is 0 Å². The van der Waals surface area contributed by atoms with Crippen LogP contribution in [0.5, 0.6) is 0 Å². The Hall–Kier alpha value is -2.44. The number of hydrogen-bond acceptors (Lipinski definition) is 1. The normalized spacial score (nSPS) is 12.4. The molecule has 0 N–H and O–H groups in total. The first-order chi connectivity index (χ1) is 12.1. The summed E-state index contributed by atoms with van der Waals surface area (Å²) in [5.41, 5.74) is 1.89. The Morgan fingerprint density at radius 1 is 0.720 bits per heavy atom. The van der Waals surface area contributed by atoms with E-state index >= 15 is 0 Å². The van der Waals surface area contributed by atoms with Gasteiger partial charge in [-0.05, 0) is 35.7 Å². The van der Waals surface area contributed by atoms with E-state index in [0.29, 0.717) is 0 Å². The van der Waals surface area contributed by atoms with Crippen LogP contribution in [-0.4, -0.2) is 5.71 Å². The van der Waals surface area contributed by atoms with Crippen LogP contribution in [0.1, 0.15) is 19.4 Å². The SMILES string of the molecule is CC(C)/C(=N/P(=O)(c1ccccc1)c1ccccc1)c1ccccc1. The molecule has 0 radical (unpaired) electrons. The first-order valence-corrected chi connectivity index (χ1v) is 10.1. The van der Waals surface area contributed by atoms with Gasteiger partial charge in [-0.3, -0.25) is 4.57 Å². The molecule has 0 aliphatic carbocycles. The summed E-state index contributed by atoms with van der Waals surface area (Å²) in [5.74, 6) is 0.170. The Balaban J connectivity index is 2.23. The summed E-state index contributed by atoms with van der Waals surface area (Å²) in [6.45, 7) is 4.18. The van der Waals surface area contributed by atoms with Gasteiger partial charge in [-0.15, -0.1) is 0 Å². The topological polar surface area (TPSA) is 29.4 Å². The van der Waals surface area contributed by atoms with Crippen LogP contribution in [0.3, 0.4) is 0 Å². The van der Waals surface area contributed by atoms with Crippen molar-refractivity contribution in [3.8, 4) is 0 Å². The molecule has 0 atom stereocenters. The lowest BCUT2D eigenvalue weighted by atomic mass is 10.0. The van der Waals surface area contributed by atoms with Gasteiger partial charge in [0, 0.05) is 10.6 Å². The van der Waals surface area contributed by atoms with E-state index < -0.39 is 7.29 Å². The number of benzene rings is 3. The Morgan fingerprint density at radius 2 is 1.12 bits per heavy atom. The van der Waals surface area contributed by atoms with E-state index in [2.05, 4.69) is 13.8 Å². The second kappa shape index (κ2) is 7.63. The van der Waals surface area contributed by atoms with Gasteiger partial charge >= 0.3 is 0 Å². The third kappa shape index (κ3) is 3.81. The van der Waals surface area contributed by atoms with Crippen molar-refractivity contribution in [1.82, 2.24) is 0 Å². The molecule has 0 saturated heterocycles. The Kier molecular flexibility index (Phi) is 5.31. The molecule has 2 nitrogen and oxygen atoms in total. The summed E-state index contributed by atoms with van der Waals surface area (Å²) < 4.78 is 19.0. The Morgan fingerprint density at radius 3 is 1.52 bits per heavy atom. The Labute approximate surface area is 149 Å². The van der Waals surface area contributed by atoms with Crippen molar-refractivity contribution in [2.75, 3.05) is 0 Å². The third-order valence-corrected chi connectivity index (χ3v) is 6.57. The second-order valence-electron chi connectivity index (χ2n) is 6.25. The van der Waals surface area contributed by atoms with Crippen LogP contribution in [0, 0.1) is 5.92 Å². The van der Waals surface area contributed by atoms with Crippen LogP contribution >= 0.6 is 7.29 Å². The fourth-order valence-electron chi connectivity index (χ4n) is 2.79. The van der Waals surface area contributed by atoms with Gasteiger partial charge < -0.3 is 0 Å². The van der Waals surface area contributed by atoms with Gasteiger partial charge in [0.1, 0.15) is 0 Å². The summed E-state index contributed by atoms with van der Waals surface area (Å²) >= 11 is 0. The van der Waals surface area contributed by atoms with Crippen molar-refractivity contribution in [2.45, 2.75) is 13.8 Å². The van der Waals surface area contributed by atoms with Crippen molar-refractivity contribution >= 4 is 23.6 Å². The highest BCUT2D eigenvalue weighted by Gasteiger charge is 2.28. The molecule has 0 saturated carbocycles. The van der Waals surface area contributed by atoms with Crippen molar-refractivity contribution < 1.29 is 4.57 Å². The van der Waals surface area contributed by atoms with Gasteiger partial charge in [0.15, 0.2) is 0 Å². The second-order valence-corrected chi connectivity index (χ2v) is 8.64. The molecule has 3 rings (SSSR count). The zero-order valence-corrected chi connectivity index (χ0v) is 15.4. The quantitative estimate of drug-likeness (QED) is 0.468. The molecule has 0 amide bonds. The highest BCUT2D eigenvalue weighted by atomic mass is 31.2. The summed E-state index contributed by atoms with van der Waals surface area (Å²) in [6, 6.07) is 29.2. The van der Waals surface area contributed by atoms with Gasteiger partial charge in [0.25, 0.3) is 0 Å². The zero-order valence-electron chi connectivity index (χ0n) is 14.5. The van der Waals surface area contributed by atoms with E-state index in [1.165, 1.54) is 0 Å². The van der Waals surface area contributed by atoms with E-state index in [9.17, 15) is 4.57 Å². The van der Waals surface area contributed by atoms with Crippen LogP contribution in [0.2, 0.25) is 0 Å². The summed E-state index contributed by atoms with van der Waals surface area (Å²) in [5, 5.41) is 1.52. The fourth-order valence-corrected chi connectivity index (χ4v) is 5.12. The summed E-state index contributed by atoms with van der Waals surface area (Å²) in [6.07, 6.45) is 0. The summed E-state index contributed by atoms with van der Waals surface area (Å²) in [7, 11) is -3.11. The van der Waals surface area contributed by atoms with E-state index in [4.69, 9.17) is 4.76 Å². The largest absolute Gasteiger partial charge is 0.288 e. The molecule has 3 aromatic rings. The maximum atomic E-state index is 14.1. The van der Waals surface area contributed by atoms with Crippen molar-refractivity contribution in [2.24, 2.45) is 10.7 Å². The molecular formula is C22H22NOP. The molecule has 0 heterocycles. The first-order valence-electron chi connectivity index (χ1n) is 8.48. The highest BCUT2D eigenvalue weighted by molar-refractivity contribution is 7.77. The van der Waals surface area contributed by atoms with Gasteiger partial charge in [-0.2, -0.15) is 0 Å². The molecule has 0 spiro atoms. The van der Waals surface area contributed by atoms with Gasteiger partial charge in [-0.25, -0.2) is 4.76 Å². The third-order valence-electron chi connectivity index (χ3n) is 4.08. The maximum Gasteiger partial charge on any atom is 0.247 e. The predicted octanol–water partition coefficient (Wildman–Crippen LogP) is 5.06. The van der Waals surface area contributed by atoms with Crippen LogP contribution in [0.4, 0.5) is 0 Å². The number of nitrogens with zero attached hydrogens (tertiary/aromatic N) is 1. The number of rotatable bonds is 5. The van der Waals surface area contributed by atoms with Crippen molar-refractivity contribution in [3.63, 3.8) is 0 Å². The molecule has 25 heavy (non-hydrogen) atoms. The summed E-state index contributed by atoms with van der Waals surface area (Å²) in [4.78, 5) is 0. The molecule has 0 fully saturated rings. The van der Waals surface area contributed by atoms with E-state index in [0.717, 1.165) is 21.9 Å². The molecule has 0 aliphatic rings. The van der Waals surface area contributed by atoms with E-state index in [1.807, 2.05) is 91.0 Å². The predicted molar refractivity (Wildman–Crippen MR) is 108 cm³/mol. The van der Waals surface area contributed by atoms with Crippen LogP contribution < -0.4 is 10.6 Å². The van der Waals surface area contributed by atoms with Crippen LogP contribution in [0.25, 0.3) is 0 Å². The molecule has 3 aromatic carbocycles. The lowest BCUT2D eigenvalue weighted by Crippen LogP contribution is -2.18. The van der Waals surface area contributed by atoms with Crippen molar-refractivity contribution in [3.05, 3.63) is 96.6 Å². The standard InChI is InChI=1S/C22H22NOP/c1-18(2)22(19-12-6-3-7-13-19)23-25(24,20-14-8-4-9-15-20)21-16-10-5-11-17-21/h3-18H,1-2H3/b23-22-.